The molecule has 0 bridgehead atoms. The SMILES string of the molecule is O=c1[nH]cnc2c(N3CC[C@@H](CO)C3)c[nH]c12. The predicted molar refractivity (Wildman–Crippen MR) is 64.1 cm³/mol. The molecule has 0 aromatic carbocycles. The highest BCUT2D eigenvalue weighted by Gasteiger charge is 2.24. The number of fused-ring (bicyclic) bond motifs is 1. The summed E-state index contributed by atoms with van der Waals surface area (Å²) in [4.78, 5) is 23.4. The Morgan fingerprint density at radius 1 is 1.53 bits per heavy atom. The van der Waals surface area contributed by atoms with Crippen LogP contribution in [-0.2, 0) is 0 Å². The van der Waals surface area contributed by atoms with E-state index >= 15 is 0 Å². The second kappa shape index (κ2) is 3.89. The van der Waals surface area contributed by atoms with E-state index in [-0.39, 0.29) is 12.2 Å². The highest BCUT2D eigenvalue weighted by atomic mass is 16.3. The third-order valence-electron chi connectivity index (χ3n) is 3.33. The van der Waals surface area contributed by atoms with Crippen LogP contribution in [0.3, 0.4) is 0 Å². The first-order chi connectivity index (χ1) is 8.29. The van der Waals surface area contributed by atoms with Gasteiger partial charge in [0.25, 0.3) is 5.56 Å². The van der Waals surface area contributed by atoms with E-state index in [0.29, 0.717) is 17.0 Å². The summed E-state index contributed by atoms with van der Waals surface area (Å²) in [6.07, 6.45) is 4.21. The van der Waals surface area contributed by atoms with Crippen molar-refractivity contribution in [1.29, 1.82) is 0 Å². The second-order valence-electron chi connectivity index (χ2n) is 4.41. The number of nitrogens with zero attached hydrogens (tertiary/aromatic N) is 2. The molecule has 1 saturated heterocycles. The van der Waals surface area contributed by atoms with Crippen molar-refractivity contribution < 1.29 is 5.11 Å². The van der Waals surface area contributed by atoms with Crippen molar-refractivity contribution in [2.24, 2.45) is 5.92 Å². The number of hydrogen-bond donors (Lipinski definition) is 3. The molecule has 0 saturated carbocycles. The lowest BCUT2D eigenvalue weighted by Crippen LogP contribution is -2.20. The summed E-state index contributed by atoms with van der Waals surface area (Å²) in [5.74, 6) is 0.321. The number of aliphatic hydroxyl groups excluding tert-OH is 1. The van der Waals surface area contributed by atoms with Gasteiger partial charge < -0.3 is 20.0 Å². The summed E-state index contributed by atoms with van der Waals surface area (Å²) in [6, 6.07) is 0. The number of aromatic nitrogens is 3. The van der Waals surface area contributed by atoms with Crippen LogP contribution in [-0.4, -0.2) is 39.8 Å². The van der Waals surface area contributed by atoms with Crippen LogP contribution < -0.4 is 10.5 Å². The number of aromatic amines is 2. The van der Waals surface area contributed by atoms with E-state index in [4.69, 9.17) is 5.11 Å². The monoisotopic (exact) mass is 234 g/mol. The molecule has 2 aromatic rings. The van der Waals surface area contributed by atoms with Crippen molar-refractivity contribution >= 4 is 16.7 Å². The Morgan fingerprint density at radius 2 is 2.41 bits per heavy atom. The second-order valence-corrected chi connectivity index (χ2v) is 4.41. The fraction of sp³-hybridized carbons (Fsp3) is 0.455. The largest absolute Gasteiger partial charge is 0.396 e. The van der Waals surface area contributed by atoms with Gasteiger partial charge in [-0.25, -0.2) is 4.98 Å². The summed E-state index contributed by atoms with van der Waals surface area (Å²) in [6.45, 7) is 1.93. The summed E-state index contributed by atoms with van der Waals surface area (Å²) in [5, 5.41) is 9.13. The standard InChI is InChI=1S/C11H14N4O2/c16-5-7-1-2-15(4-7)8-3-12-10-9(8)13-6-14-11(10)17/h3,6-7,12,16H,1-2,4-5H2,(H,13,14,17)/t7-/m1/s1. The molecule has 3 heterocycles. The fourth-order valence-corrected chi connectivity index (χ4v) is 2.38. The van der Waals surface area contributed by atoms with Gasteiger partial charge in [0.2, 0.25) is 0 Å². The minimum absolute atomic E-state index is 0.154. The Hall–Kier alpha value is -1.82. The van der Waals surface area contributed by atoms with Gasteiger partial charge in [-0.05, 0) is 6.42 Å². The number of rotatable bonds is 2. The molecule has 6 nitrogen and oxygen atoms in total. The minimum Gasteiger partial charge on any atom is -0.396 e. The topological polar surface area (TPSA) is 85.0 Å². The molecule has 90 valence electrons. The van der Waals surface area contributed by atoms with Crippen LogP contribution in [0, 0.1) is 5.92 Å². The van der Waals surface area contributed by atoms with Crippen LogP contribution in [0.2, 0.25) is 0 Å². The maximum absolute atomic E-state index is 11.5. The van der Waals surface area contributed by atoms with E-state index in [1.807, 2.05) is 6.20 Å². The molecule has 1 atom stereocenters. The van der Waals surface area contributed by atoms with Crippen molar-refractivity contribution in [2.75, 3.05) is 24.6 Å². The number of nitrogens with one attached hydrogen (secondary N) is 2. The summed E-state index contributed by atoms with van der Waals surface area (Å²) in [7, 11) is 0. The molecular formula is C11H14N4O2. The lowest BCUT2D eigenvalue weighted by Gasteiger charge is -2.16. The third-order valence-corrected chi connectivity index (χ3v) is 3.33. The van der Waals surface area contributed by atoms with Crippen molar-refractivity contribution in [1.82, 2.24) is 15.0 Å². The van der Waals surface area contributed by atoms with E-state index in [1.165, 1.54) is 6.33 Å². The fourth-order valence-electron chi connectivity index (χ4n) is 2.38. The maximum atomic E-state index is 11.5. The first-order valence-electron chi connectivity index (χ1n) is 5.70. The van der Waals surface area contributed by atoms with Crippen LogP contribution in [0.5, 0.6) is 0 Å². The van der Waals surface area contributed by atoms with Gasteiger partial charge in [0, 0.05) is 31.8 Å². The van der Waals surface area contributed by atoms with Gasteiger partial charge in [0.05, 0.1) is 12.0 Å². The first-order valence-corrected chi connectivity index (χ1v) is 5.70. The number of anilines is 1. The maximum Gasteiger partial charge on any atom is 0.275 e. The molecule has 1 fully saturated rings. The zero-order valence-corrected chi connectivity index (χ0v) is 9.31. The average Bonchev–Trinajstić information content (AvgIpc) is 2.94. The zero-order valence-electron chi connectivity index (χ0n) is 9.31. The van der Waals surface area contributed by atoms with Crippen LogP contribution >= 0.6 is 0 Å². The van der Waals surface area contributed by atoms with E-state index in [2.05, 4.69) is 19.9 Å². The Labute approximate surface area is 97.3 Å². The predicted octanol–water partition coefficient (Wildman–Crippen LogP) is 0.0698. The zero-order chi connectivity index (χ0) is 11.8. The van der Waals surface area contributed by atoms with Gasteiger partial charge in [-0.15, -0.1) is 0 Å². The molecule has 3 rings (SSSR count). The summed E-state index contributed by atoms with van der Waals surface area (Å²) in [5.41, 5.74) is 2.00. The molecule has 0 aliphatic carbocycles. The molecule has 1 aliphatic rings. The van der Waals surface area contributed by atoms with Gasteiger partial charge in [0.15, 0.2) is 0 Å². The number of aliphatic hydroxyl groups is 1. The lowest BCUT2D eigenvalue weighted by molar-refractivity contribution is 0.238. The van der Waals surface area contributed by atoms with Gasteiger partial charge >= 0.3 is 0 Å². The first kappa shape index (κ1) is 10.3. The van der Waals surface area contributed by atoms with Gasteiger partial charge in [0.1, 0.15) is 11.0 Å². The normalized spacial score (nSPS) is 20.3. The molecule has 0 radical (unpaired) electrons. The Balaban J connectivity index is 2.02. The van der Waals surface area contributed by atoms with Crippen molar-refractivity contribution in [2.45, 2.75) is 6.42 Å². The average molecular weight is 234 g/mol. The van der Waals surface area contributed by atoms with Crippen LogP contribution in [0.4, 0.5) is 5.69 Å². The van der Waals surface area contributed by atoms with Crippen molar-refractivity contribution in [3.63, 3.8) is 0 Å². The molecule has 17 heavy (non-hydrogen) atoms. The summed E-state index contributed by atoms with van der Waals surface area (Å²) >= 11 is 0. The number of hydrogen-bond acceptors (Lipinski definition) is 4. The highest BCUT2D eigenvalue weighted by Crippen LogP contribution is 2.27. The lowest BCUT2D eigenvalue weighted by atomic mass is 10.1. The minimum atomic E-state index is -0.154. The molecule has 0 unspecified atom stereocenters. The Kier molecular flexibility index (Phi) is 2.36. The Morgan fingerprint density at radius 3 is 3.18 bits per heavy atom. The smallest absolute Gasteiger partial charge is 0.275 e. The molecule has 3 N–H and O–H groups in total. The molecule has 0 amide bonds. The molecule has 1 aliphatic heterocycles. The highest BCUT2D eigenvalue weighted by molar-refractivity contribution is 5.88. The van der Waals surface area contributed by atoms with Crippen molar-refractivity contribution in [3.8, 4) is 0 Å². The van der Waals surface area contributed by atoms with Crippen LogP contribution in [0.25, 0.3) is 11.0 Å². The molecule has 6 heteroatoms. The molecular weight excluding hydrogens is 220 g/mol. The molecule has 2 aromatic heterocycles. The van der Waals surface area contributed by atoms with Gasteiger partial charge in [-0.2, -0.15) is 0 Å². The quantitative estimate of drug-likeness (QED) is 0.686. The van der Waals surface area contributed by atoms with Gasteiger partial charge in [-0.1, -0.05) is 0 Å². The van der Waals surface area contributed by atoms with Crippen LogP contribution in [0.15, 0.2) is 17.3 Å². The van der Waals surface area contributed by atoms with E-state index < -0.39 is 0 Å². The van der Waals surface area contributed by atoms with E-state index in [9.17, 15) is 4.79 Å². The van der Waals surface area contributed by atoms with E-state index in [0.717, 1.165) is 25.2 Å². The third kappa shape index (κ3) is 1.61. The van der Waals surface area contributed by atoms with E-state index in [1.54, 1.807) is 0 Å². The summed E-state index contributed by atoms with van der Waals surface area (Å²) < 4.78 is 0. The van der Waals surface area contributed by atoms with Crippen molar-refractivity contribution in [3.05, 3.63) is 22.9 Å². The number of H-pyrrole nitrogens is 2. The van der Waals surface area contributed by atoms with Gasteiger partial charge in [-0.3, -0.25) is 4.79 Å². The molecule has 0 spiro atoms. The Bertz CT molecular complexity index is 588. The van der Waals surface area contributed by atoms with Crippen LogP contribution in [0.1, 0.15) is 6.42 Å².